The molecule has 0 rings (SSSR count). The van der Waals surface area contributed by atoms with Gasteiger partial charge in [-0.2, -0.15) is 0 Å². The van der Waals surface area contributed by atoms with Gasteiger partial charge in [-0.05, 0) is 24.9 Å². The van der Waals surface area contributed by atoms with Crippen molar-refractivity contribution in [2.24, 2.45) is 0 Å². The summed E-state index contributed by atoms with van der Waals surface area (Å²) in [5.74, 6) is 0. The number of carbonyl (C=O) groups is 1. The molecular formula is C6H9ClO. The van der Waals surface area contributed by atoms with Crippen LogP contribution in [-0.2, 0) is 4.79 Å². The lowest BCUT2D eigenvalue weighted by Gasteiger charge is -1.86. The average Bonchev–Trinajstić information content (AvgIpc) is 1.67. The van der Waals surface area contributed by atoms with E-state index in [0.717, 1.165) is 6.42 Å². The Bertz CT molecular complexity index is 116. The normalized spacial score (nSPS) is 11.6. The van der Waals surface area contributed by atoms with Crippen LogP contribution < -0.4 is 0 Å². The maximum absolute atomic E-state index is 10.2. The Morgan fingerprint density at radius 1 is 1.75 bits per heavy atom. The summed E-state index contributed by atoms with van der Waals surface area (Å²) in [6.07, 6.45) is 2.67. The third kappa shape index (κ3) is 2.80. The van der Waals surface area contributed by atoms with Crippen molar-refractivity contribution < 1.29 is 4.79 Å². The molecule has 0 saturated carbocycles. The molecule has 0 aromatic carbocycles. The molecule has 0 radical (unpaired) electrons. The highest BCUT2D eigenvalue weighted by Crippen LogP contribution is 1.98. The third-order valence-electron chi connectivity index (χ3n) is 0.820. The fourth-order valence-corrected chi connectivity index (χ4v) is 0.464. The van der Waals surface area contributed by atoms with Crippen LogP contribution in [-0.4, -0.2) is 5.24 Å². The fourth-order valence-electron chi connectivity index (χ4n) is 0.386. The molecule has 0 aromatic rings. The predicted molar refractivity (Wildman–Crippen MR) is 34.9 cm³/mol. The van der Waals surface area contributed by atoms with E-state index in [-0.39, 0.29) is 5.24 Å². The molecular weight excluding hydrogens is 124 g/mol. The molecule has 0 N–H and O–H groups in total. The van der Waals surface area contributed by atoms with Gasteiger partial charge in [-0.25, -0.2) is 0 Å². The zero-order valence-electron chi connectivity index (χ0n) is 5.07. The van der Waals surface area contributed by atoms with Gasteiger partial charge < -0.3 is 0 Å². The van der Waals surface area contributed by atoms with Gasteiger partial charge in [0, 0.05) is 5.57 Å². The number of hydrogen-bond donors (Lipinski definition) is 0. The molecule has 0 unspecified atom stereocenters. The van der Waals surface area contributed by atoms with Gasteiger partial charge in [0.2, 0.25) is 5.24 Å². The van der Waals surface area contributed by atoms with E-state index >= 15 is 0 Å². The number of hydrogen-bond acceptors (Lipinski definition) is 1. The zero-order chi connectivity index (χ0) is 6.57. The first-order valence-electron chi connectivity index (χ1n) is 2.55. The van der Waals surface area contributed by atoms with Crippen molar-refractivity contribution in [3.8, 4) is 0 Å². The summed E-state index contributed by atoms with van der Waals surface area (Å²) in [5.41, 5.74) is 0.633. The van der Waals surface area contributed by atoms with E-state index in [4.69, 9.17) is 11.6 Å². The summed E-state index contributed by atoms with van der Waals surface area (Å²) in [7, 11) is 0. The molecule has 1 nitrogen and oxygen atoms in total. The monoisotopic (exact) mass is 132 g/mol. The minimum Gasteiger partial charge on any atom is -0.276 e. The van der Waals surface area contributed by atoms with Crippen molar-refractivity contribution in [3.63, 3.8) is 0 Å². The Morgan fingerprint density at radius 3 is 2.38 bits per heavy atom. The lowest BCUT2D eigenvalue weighted by Crippen LogP contribution is -1.85. The SMILES string of the molecule is CC/C=C(\C)C(=O)Cl. The van der Waals surface area contributed by atoms with Gasteiger partial charge in [0.15, 0.2) is 0 Å². The number of carbonyl (C=O) groups excluding carboxylic acids is 1. The van der Waals surface area contributed by atoms with Crippen LogP contribution in [0.2, 0.25) is 0 Å². The zero-order valence-corrected chi connectivity index (χ0v) is 5.83. The fraction of sp³-hybridized carbons (Fsp3) is 0.500. The molecule has 0 bridgehead atoms. The molecule has 0 aliphatic rings. The second kappa shape index (κ2) is 3.67. The molecule has 8 heavy (non-hydrogen) atoms. The molecule has 0 aromatic heterocycles. The number of allylic oxidation sites excluding steroid dienone is 2. The first-order valence-corrected chi connectivity index (χ1v) is 2.93. The summed E-state index contributed by atoms with van der Waals surface area (Å²) in [5, 5.41) is -0.355. The molecule has 46 valence electrons. The van der Waals surface area contributed by atoms with Crippen molar-refractivity contribution in [3.05, 3.63) is 11.6 Å². The summed E-state index contributed by atoms with van der Waals surface area (Å²) in [6, 6.07) is 0. The quantitative estimate of drug-likeness (QED) is 0.416. The maximum Gasteiger partial charge on any atom is 0.247 e. The van der Waals surface area contributed by atoms with E-state index in [1.807, 2.05) is 6.92 Å². The van der Waals surface area contributed by atoms with Crippen LogP contribution in [0.1, 0.15) is 20.3 Å². The lowest BCUT2D eigenvalue weighted by atomic mass is 10.3. The van der Waals surface area contributed by atoms with Crippen molar-refractivity contribution in [2.75, 3.05) is 0 Å². The first kappa shape index (κ1) is 7.70. The van der Waals surface area contributed by atoms with Gasteiger partial charge in [-0.3, -0.25) is 4.79 Å². The largest absolute Gasteiger partial charge is 0.276 e. The lowest BCUT2D eigenvalue weighted by molar-refractivity contribution is -0.108. The summed E-state index contributed by atoms with van der Waals surface area (Å²) < 4.78 is 0. The van der Waals surface area contributed by atoms with E-state index in [1.54, 1.807) is 13.0 Å². The second-order valence-electron chi connectivity index (χ2n) is 1.57. The van der Waals surface area contributed by atoms with E-state index in [0.29, 0.717) is 5.57 Å². The Morgan fingerprint density at radius 2 is 2.25 bits per heavy atom. The Hall–Kier alpha value is -0.300. The molecule has 0 aliphatic heterocycles. The molecule has 2 heteroatoms. The third-order valence-corrected chi connectivity index (χ3v) is 1.12. The Labute approximate surface area is 54.3 Å². The van der Waals surface area contributed by atoms with E-state index < -0.39 is 0 Å². The number of halogens is 1. The maximum atomic E-state index is 10.2. The van der Waals surface area contributed by atoms with Crippen LogP contribution in [0.25, 0.3) is 0 Å². The van der Waals surface area contributed by atoms with Gasteiger partial charge in [0.25, 0.3) is 0 Å². The minimum atomic E-state index is -0.355. The molecule has 0 atom stereocenters. The van der Waals surface area contributed by atoms with Gasteiger partial charge in [-0.1, -0.05) is 13.0 Å². The number of rotatable bonds is 2. The van der Waals surface area contributed by atoms with Gasteiger partial charge in [0.1, 0.15) is 0 Å². The Kier molecular flexibility index (Phi) is 3.53. The van der Waals surface area contributed by atoms with Crippen LogP contribution in [0.3, 0.4) is 0 Å². The van der Waals surface area contributed by atoms with Crippen LogP contribution >= 0.6 is 11.6 Å². The highest BCUT2D eigenvalue weighted by atomic mass is 35.5. The van der Waals surface area contributed by atoms with E-state index in [2.05, 4.69) is 0 Å². The van der Waals surface area contributed by atoms with Gasteiger partial charge in [-0.15, -0.1) is 0 Å². The smallest absolute Gasteiger partial charge is 0.247 e. The van der Waals surface area contributed by atoms with Crippen LogP contribution in [0.15, 0.2) is 11.6 Å². The summed E-state index contributed by atoms with van der Waals surface area (Å²) in [4.78, 5) is 10.2. The summed E-state index contributed by atoms with van der Waals surface area (Å²) >= 11 is 5.10. The second-order valence-corrected chi connectivity index (χ2v) is 1.91. The molecule has 0 fully saturated rings. The van der Waals surface area contributed by atoms with Gasteiger partial charge >= 0.3 is 0 Å². The highest BCUT2D eigenvalue weighted by molar-refractivity contribution is 6.67. The molecule has 0 amide bonds. The van der Waals surface area contributed by atoms with Crippen molar-refractivity contribution in [1.29, 1.82) is 0 Å². The molecule has 0 heterocycles. The van der Waals surface area contributed by atoms with E-state index in [9.17, 15) is 4.79 Å². The standard InChI is InChI=1S/C6H9ClO/c1-3-4-5(2)6(7)8/h4H,3H2,1-2H3/b5-4+. The molecule has 0 aliphatic carbocycles. The van der Waals surface area contributed by atoms with Gasteiger partial charge in [0.05, 0.1) is 0 Å². The highest BCUT2D eigenvalue weighted by Gasteiger charge is 1.94. The minimum absolute atomic E-state index is 0.355. The average molecular weight is 133 g/mol. The van der Waals surface area contributed by atoms with Crippen molar-refractivity contribution >= 4 is 16.8 Å². The molecule has 0 saturated heterocycles. The predicted octanol–water partition coefficient (Wildman–Crippen LogP) is 2.11. The summed E-state index contributed by atoms with van der Waals surface area (Å²) in [6.45, 7) is 3.67. The van der Waals surface area contributed by atoms with Crippen LogP contribution in [0.5, 0.6) is 0 Å². The first-order chi connectivity index (χ1) is 3.68. The van der Waals surface area contributed by atoms with Crippen molar-refractivity contribution in [1.82, 2.24) is 0 Å². The van der Waals surface area contributed by atoms with Crippen molar-refractivity contribution in [2.45, 2.75) is 20.3 Å². The Balaban J connectivity index is 3.80. The van der Waals surface area contributed by atoms with Crippen LogP contribution in [0.4, 0.5) is 0 Å². The topological polar surface area (TPSA) is 17.1 Å². The molecule has 0 spiro atoms. The van der Waals surface area contributed by atoms with Crippen LogP contribution in [0, 0.1) is 0 Å². The van der Waals surface area contributed by atoms with E-state index in [1.165, 1.54) is 0 Å².